The lowest BCUT2D eigenvalue weighted by molar-refractivity contribution is 0.0945. The van der Waals surface area contributed by atoms with Gasteiger partial charge in [-0.15, -0.1) is 0 Å². The topological polar surface area (TPSA) is 108 Å². The summed E-state index contributed by atoms with van der Waals surface area (Å²) in [6.07, 6.45) is 4.07. The van der Waals surface area contributed by atoms with Crippen LogP contribution in [-0.2, 0) is 13.1 Å². The lowest BCUT2D eigenvalue weighted by atomic mass is 10.3. The predicted octanol–water partition coefficient (Wildman–Crippen LogP) is 0.251. The number of H-pyrrole nitrogens is 1. The van der Waals surface area contributed by atoms with Crippen molar-refractivity contribution < 1.29 is 4.79 Å². The molecule has 0 saturated carbocycles. The molecule has 3 aromatic rings. The van der Waals surface area contributed by atoms with Gasteiger partial charge in [-0.25, -0.2) is 15.0 Å². The second-order valence-corrected chi connectivity index (χ2v) is 6.88. The maximum Gasteiger partial charge on any atom is 0.271 e. The van der Waals surface area contributed by atoms with Crippen LogP contribution in [0, 0.1) is 0 Å². The Morgan fingerprint density at radius 1 is 1.30 bits per heavy atom. The zero-order valence-corrected chi connectivity index (χ0v) is 15.5. The number of fused-ring (bicyclic) bond motifs is 2. The Morgan fingerprint density at radius 3 is 3.04 bits per heavy atom. The molecule has 0 unspecified atom stereocenters. The fraction of sp³-hybridized carbons (Fsp3) is 0.471. The van der Waals surface area contributed by atoms with E-state index in [0.717, 1.165) is 43.1 Å². The van der Waals surface area contributed by atoms with Crippen molar-refractivity contribution >= 4 is 22.9 Å². The van der Waals surface area contributed by atoms with Gasteiger partial charge in [0.2, 0.25) is 0 Å². The largest absolute Gasteiger partial charge is 0.349 e. The van der Waals surface area contributed by atoms with E-state index in [0.29, 0.717) is 24.4 Å². The molecular formula is C17H23N9O. The van der Waals surface area contributed by atoms with Crippen molar-refractivity contribution in [2.45, 2.75) is 19.5 Å². The summed E-state index contributed by atoms with van der Waals surface area (Å²) >= 11 is 0. The third-order valence-electron chi connectivity index (χ3n) is 4.59. The molecule has 10 heteroatoms. The second kappa shape index (κ2) is 7.31. The average Bonchev–Trinajstić information content (AvgIpc) is 3.23. The molecule has 0 bridgehead atoms. The Labute approximate surface area is 156 Å². The fourth-order valence-electron chi connectivity index (χ4n) is 3.23. The van der Waals surface area contributed by atoms with E-state index in [-0.39, 0.29) is 5.91 Å². The van der Waals surface area contributed by atoms with Gasteiger partial charge in [0.1, 0.15) is 11.8 Å². The van der Waals surface area contributed by atoms with Crippen molar-refractivity contribution in [1.82, 2.24) is 39.9 Å². The highest BCUT2D eigenvalue weighted by atomic mass is 16.1. The molecular weight excluding hydrogens is 346 g/mol. The number of carbonyl (C=O) groups is 1. The van der Waals surface area contributed by atoms with Gasteiger partial charge in [-0.1, -0.05) is 0 Å². The van der Waals surface area contributed by atoms with Gasteiger partial charge in [0.15, 0.2) is 17.2 Å². The minimum absolute atomic E-state index is 0.137. The van der Waals surface area contributed by atoms with Crippen LogP contribution in [-0.4, -0.2) is 74.3 Å². The van der Waals surface area contributed by atoms with Crippen molar-refractivity contribution in [3.63, 3.8) is 0 Å². The molecule has 10 nitrogen and oxygen atoms in total. The summed E-state index contributed by atoms with van der Waals surface area (Å²) in [4.78, 5) is 32.5. The minimum Gasteiger partial charge on any atom is -0.349 e. The number of anilines is 1. The van der Waals surface area contributed by atoms with Crippen LogP contribution in [0.15, 0.2) is 18.7 Å². The molecule has 1 aliphatic heterocycles. The molecule has 0 aliphatic carbocycles. The molecule has 0 spiro atoms. The standard InChI is InChI=1S/C17H23N9O/c1-24(2)7-4-18-17(27)13-8-12-9-25(5-3-6-26(12)23-13)16-14-15(20-10-19-14)21-11-22-16/h8,10-11H,3-7,9H2,1-2H3,(H,18,27)(H,19,20,21,22). The van der Waals surface area contributed by atoms with E-state index < -0.39 is 0 Å². The van der Waals surface area contributed by atoms with Crippen LogP contribution in [0.4, 0.5) is 5.82 Å². The number of carbonyl (C=O) groups excluding carboxylic acids is 1. The van der Waals surface area contributed by atoms with Crippen LogP contribution in [0.1, 0.15) is 22.6 Å². The molecule has 2 N–H and O–H groups in total. The smallest absolute Gasteiger partial charge is 0.271 e. The van der Waals surface area contributed by atoms with E-state index >= 15 is 0 Å². The second-order valence-electron chi connectivity index (χ2n) is 6.88. The maximum atomic E-state index is 12.4. The summed E-state index contributed by atoms with van der Waals surface area (Å²) in [5.41, 5.74) is 2.93. The van der Waals surface area contributed by atoms with Gasteiger partial charge in [-0.2, -0.15) is 5.10 Å². The van der Waals surface area contributed by atoms with Gasteiger partial charge in [-0.05, 0) is 26.6 Å². The number of imidazole rings is 1. The van der Waals surface area contributed by atoms with E-state index in [9.17, 15) is 4.79 Å². The van der Waals surface area contributed by atoms with Crippen molar-refractivity contribution in [2.24, 2.45) is 0 Å². The number of nitrogens with zero attached hydrogens (tertiary/aromatic N) is 7. The van der Waals surface area contributed by atoms with E-state index in [1.165, 1.54) is 6.33 Å². The van der Waals surface area contributed by atoms with Crippen LogP contribution in [0.25, 0.3) is 11.2 Å². The van der Waals surface area contributed by atoms with Crippen LogP contribution >= 0.6 is 0 Å². The molecule has 4 rings (SSSR count). The molecule has 142 valence electrons. The molecule has 4 heterocycles. The molecule has 0 radical (unpaired) electrons. The Balaban J connectivity index is 1.53. The normalized spacial score (nSPS) is 14.4. The molecule has 0 aromatic carbocycles. The number of likely N-dealkylation sites (N-methyl/N-ethyl adjacent to an activating group) is 1. The highest BCUT2D eigenvalue weighted by Gasteiger charge is 2.22. The molecule has 3 aromatic heterocycles. The number of rotatable bonds is 5. The highest BCUT2D eigenvalue weighted by molar-refractivity contribution is 5.92. The Bertz CT molecular complexity index is 945. The van der Waals surface area contributed by atoms with E-state index in [2.05, 4.69) is 35.3 Å². The Morgan fingerprint density at radius 2 is 2.19 bits per heavy atom. The fourth-order valence-corrected chi connectivity index (χ4v) is 3.23. The number of aromatic nitrogens is 6. The van der Waals surface area contributed by atoms with Gasteiger partial charge in [0.05, 0.1) is 18.6 Å². The van der Waals surface area contributed by atoms with Crippen LogP contribution in [0.5, 0.6) is 0 Å². The van der Waals surface area contributed by atoms with Gasteiger partial charge >= 0.3 is 0 Å². The molecule has 0 saturated heterocycles. The molecule has 1 aliphatic rings. The maximum absolute atomic E-state index is 12.4. The summed E-state index contributed by atoms with van der Waals surface area (Å²) in [6.45, 7) is 3.63. The summed E-state index contributed by atoms with van der Waals surface area (Å²) in [6, 6.07) is 1.87. The van der Waals surface area contributed by atoms with Gasteiger partial charge < -0.3 is 20.1 Å². The minimum atomic E-state index is -0.137. The number of aryl methyl sites for hydroxylation is 1. The first-order chi connectivity index (χ1) is 13.1. The summed E-state index contributed by atoms with van der Waals surface area (Å²) < 4.78 is 1.92. The predicted molar refractivity (Wildman–Crippen MR) is 100 cm³/mol. The monoisotopic (exact) mass is 369 g/mol. The molecule has 0 atom stereocenters. The summed E-state index contributed by atoms with van der Waals surface area (Å²) in [5, 5.41) is 7.42. The van der Waals surface area contributed by atoms with Crippen LogP contribution < -0.4 is 10.2 Å². The number of hydrogen-bond donors (Lipinski definition) is 2. The molecule has 1 amide bonds. The van der Waals surface area contributed by atoms with E-state index in [1.54, 1.807) is 6.33 Å². The van der Waals surface area contributed by atoms with Gasteiger partial charge in [-0.3, -0.25) is 9.48 Å². The van der Waals surface area contributed by atoms with Gasteiger partial charge in [0.25, 0.3) is 5.91 Å². The van der Waals surface area contributed by atoms with Crippen molar-refractivity contribution in [3.05, 3.63) is 30.1 Å². The number of aromatic amines is 1. The van der Waals surface area contributed by atoms with Crippen molar-refractivity contribution in [2.75, 3.05) is 38.6 Å². The molecule has 27 heavy (non-hydrogen) atoms. The lowest BCUT2D eigenvalue weighted by Gasteiger charge is -2.21. The zero-order chi connectivity index (χ0) is 18.8. The summed E-state index contributed by atoms with van der Waals surface area (Å²) in [5.74, 6) is 0.686. The van der Waals surface area contributed by atoms with Crippen LogP contribution in [0.3, 0.4) is 0 Å². The third kappa shape index (κ3) is 3.61. The number of nitrogens with one attached hydrogen (secondary N) is 2. The SMILES string of the molecule is CN(C)CCNC(=O)c1cc2n(n1)CCCN(c1ncnc3nc[nH]c13)C2. The van der Waals surface area contributed by atoms with Crippen molar-refractivity contribution in [3.8, 4) is 0 Å². The van der Waals surface area contributed by atoms with E-state index in [4.69, 9.17) is 0 Å². The number of hydrogen-bond acceptors (Lipinski definition) is 7. The van der Waals surface area contributed by atoms with Crippen LogP contribution in [0.2, 0.25) is 0 Å². The Hall–Kier alpha value is -3.01. The first-order valence-corrected chi connectivity index (χ1v) is 9.00. The van der Waals surface area contributed by atoms with Crippen molar-refractivity contribution in [1.29, 1.82) is 0 Å². The first-order valence-electron chi connectivity index (χ1n) is 9.00. The quantitative estimate of drug-likeness (QED) is 0.664. The van der Waals surface area contributed by atoms with Gasteiger partial charge in [0, 0.05) is 26.2 Å². The zero-order valence-electron chi connectivity index (χ0n) is 15.5. The highest BCUT2D eigenvalue weighted by Crippen LogP contribution is 2.24. The lowest BCUT2D eigenvalue weighted by Crippen LogP contribution is -2.31. The van der Waals surface area contributed by atoms with E-state index in [1.807, 2.05) is 29.7 Å². The molecule has 0 fully saturated rings. The Kier molecular flexibility index (Phi) is 4.71. The summed E-state index contributed by atoms with van der Waals surface area (Å²) in [7, 11) is 3.95. The third-order valence-corrected chi connectivity index (χ3v) is 4.59. The first kappa shape index (κ1) is 17.4. The average molecular weight is 369 g/mol. The number of amides is 1.